The number of pyridine rings is 1. The fourth-order valence-electron chi connectivity index (χ4n) is 1.00. The molecule has 3 heteroatoms. The number of aromatic amines is 1. The zero-order chi connectivity index (χ0) is 8.81. The first kappa shape index (κ1) is 9.00. The van der Waals surface area contributed by atoms with Crippen molar-refractivity contribution >= 4 is 0 Å². The third-order valence-electron chi connectivity index (χ3n) is 1.49. The van der Waals surface area contributed by atoms with E-state index in [1.807, 2.05) is 25.3 Å². The van der Waals surface area contributed by atoms with E-state index < -0.39 is 0 Å². The van der Waals surface area contributed by atoms with Crippen LogP contribution in [0, 0.1) is 0 Å². The van der Waals surface area contributed by atoms with Gasteiger partial charge in [-0.15, -0.1) is 0 Å². The number of nitrogens with one attached hydrogen (secondary N) is 1. The molecule has 0 fully saturated rings. The summed E-state index contributed by atoms with van der Waals surface area (Å²) in [5, 5.41) is 0. The Kier molecular flexibility index (Phi) is 3.54. The third-order valence-corrected chi connectivity index (χ3v) is 1.49. The van der Waals surface area contributed by atoms with Crippen LogP contribution in [-0.4, -0.2) is 13.7 Å². The summed E-state index contributed by atoms with van der Waals surface area (Å²) in [6.45, 7) is 3.19. The Hall–Kier alpha value is -1.09. The molecular weight excluding hydrogens is 154 g/mol. The zero-order valence-corrected chi connectivity index (χ0v) is 7.46. The number of rotatable bonds is 4. The summed E-state index contributed by atoms with van der Waals surface area (Å²) in [4.78, 5) is 3.07. The number of hydrogen-bond acceptors (Lipinski definition) is 2. The van der Waals surface area contributed by atoms with Gasteiger partial charge in [0.15, 0.2) is 11.9 Å². The second-order valence-corrected chi connectivity index (χ2v) is 2.38. The Morgan fingerprint density at radius 1 is 1.50 bits per heavy atom. The molecule has 0 atom stereocenters. The van der Waals surface area contributed by atoms with Gasteiger partial charge in [-0.25, -0.2) is 4.98 Å². The first-order valence-corrected chi connectivity index (χ1v) is 3.99. The summed E-state index contributed by atoms with van der Waals surface area (Å²) < 4.78 is 10.4. The van der Waals surface area contributed by atoms with Crippen molar-refractivity contribution in [3.8, 4) is 5.75 Å². The molecule has 3 nitrogen and oxygen atoms in total. The van der Waals surface area contributed by atoms with Gasteiger partial charge >= 0.3 is 0 Å². The maximum atomic E-state index is 5.38. The van der Waals surface area contributed by atoms with Crippen molar-refractivity contribution < 1.29 is 14.5 Å². The molecule has 0 spiro atoms. The summed E-state index contributed by atoms with van der Waals surface area (Å²) >= 11 is 0. The highest BCUT2D eigenvalue weighted by Gasteiger charge is 2.08. The highest BCUT2D eigenvalue weighted by Crippen LogP contribution is 2.12. The van der Waals surface area contributed by atoms with Gasteiger partial charge in [0.05, 0.1) is 6.61 Å². The number of methoxy groups -OCH3 is 1. The Morgan fingerprint density at radius 2 is 2.33 bits per heavy atom. The summed E-state index contributed by atoms with van der Waals surface area (Å²) in [7, 11) is 1.66. The minimum atomic E-state index is 0.552. The molecule has 0 aromatic carbocycles. The molecular formula is C9H14NO2+. The quantitative estimate of drug-likeness (QED) is 0.673. The molecule has 0 radical (unpaired) electrons. The summed E-state index contributed by atoms with van der Waals surface area (Å²) in [6.07, 6.45) is 1.86. The van der Waals surface area contributed by atoms with Crippen LogP contribution in [-0.2, 0) is 11.3 Å². The van der Waals surface area contributed by atoms with E-state index in [1.54, 1.807) is 7.11 Å². The first-order valence-electron chi connectivity index (χ1n) is 3.99. The monoisotopic (exact) mass is 168 g/mol. The average Bonchev–Trinajstić information content (AvgIpc) is 2.09. The molecule has 0 bridgehead atoms. The summed E-state index contributed by atoms with van der Waals surface area (Å²) in [5.74, 6) is 0.863. The van der Waals surface area contributed by atoms with Crippen molar-refractivity contribution in [3.05, 3.63) is 24.0 Å². The van der Waals surface area contributed by atoms with Crippen LogP contribution in [0.5, 0.6) is 5.75 Å². The van der Waals surface area contributed by atoms with Crippen LogP contribution in [0.3, 0.4) is 0 Å². The molecule has 0 amide bonds. The van der Waals surface area contributed by atoms with Gasteiger partial charge in [-0.1, -0.05) is 0 Å². The predicted molar refractivity (Wildman–Crippen MR) is 44.9 cm³/mol. The molecule has 0 aliphatic rings. The second kappa shape index (κ2) is 4.72. The van der Waals surface area contributed by atoms with E-state index in [-0.39, 0.29) is 0 Å². The highest BCUT2D eigenvalue weighted by atomic mass is 16.5. The van der Waals surface area contributed by atoms with Crippen LogP contribution in [0.25, 0.3) is 0 Å². The topological polar surface area (TPSA) is 32.6 Å². The van der Waals surface area contributed by atoms with Crippen molar-refractivity contribution in [2.75, 3.05) is 13.7 Å². The molecule has 1 heterocycles. The number of hydrogen-bond donors (Lipinski definition) is 0. The Labute approximate surface area is 72.3 Å². The van der Waals surface area contributed by atoms with Gasteiger partial charge in [-0.2, -0.15) is 0 Å². The summed E-state index contributed by atoms with van der Waals surface area (Å²) in [6, 6.07) is 3.83. The molecule has 12 heavy (non-hydrogen) atoms. The molecule has 66 valence electrons. The van der Waals surface area contributed by atoms with Crippen molar-refractivity contribution in [2.24, 2.45) is 0 Å². The predicted octanol–water partition coefficient (Wildman–Crippen LogP) is 1.05. The molecule has 1 aromatic rings. The molecule has 1 N–H and O–H groups in total. The lowest BCUT2D eigenvalue weighted by Crippen LogP contribution is -2.13. The van der Waals surface area contributed by atoms with Gasteiger partial charge in [0, 0.05) is 13.2 Å². The fraction of sp³-hybridized carbons (Fsp3) is 0.444. The van der Waals surface area contributed by atoms with Gasteiger partial charge in [-0.3, -0.25) is 0 Å². The summed E-state index contributed by atoms with van der Waals surface area (Å²) in [5.41, 5.74) is 0.974. The minimum Gasteiger partial charge on any atom is -0.487 e. The van der Waals surface area contributed by atoms with Crippen LogP contribution in [0.1, 0.15) is 12.6 Å². The van der Waals surface area contributed by atoms with Gasteiger partial charge in [0.1, 0.15) is 6.61 Å². The van der Waals surface area contributed by atoms with E-state index in [0.717, 1.165) is 11.4 Å². The average molecular weight is 168 g/mol. The molecule has 0 saturated carbocycles. The second-order valence-electron chi connectivity index (χ2n) is 2.38. The zero-order valence-electron chi connectivity index (χ0n) is 7.46. The van der Waals surface area contributed by atoms with Crippen LogP contribution in [0.2, 0.25) is 0 Å². The maximum Gasteiger partial charge on any atom is 0.247 e. The third kappa shape index (κ3) is 2.20. The lowest BCUT2D eigenvalue weighted by molar-refractivity contribution is -0.396. The molecule has 1 aromatic heterocycles. The fourth-order valence-corrected chi connectivity index (χ4v) is 1.00. The van der Waals surface area contributed by atoms with E-state index in [4.69, 9.17) is 9.47 Å². The Balaban J connectivity index is 2.77. The number of ether oxygens (including phenoxy) is 2. The van der Waals surface area contributed by atoms with Crippen LogP contribution < -0.4 is 9.72 Å². The van der Waals surface area contributed by atoms with E-state index in [1.165, 1.54) is 0 Å². The molecule has 0 aliphatic heterocycles. The Morgan fingerprint density at radius 3 is 3.00 bits per heavy atom. The van der Waals surface area contributed by atoms with E-state index in [0.29, 0.717) is 13.2 Å². The molecule has 0 aliphatic carbocycles. The van der Waals surface area contributed by atoms with E-state index in [2.05, 4.69) is 4.98 Å². The standard InChI is InChI=1S/C9H13NO2/c1-3-12-9-5-4-6-10-8(9)7-11-2/h4-6H,3,7H2,1-2H3/p+1. The normalized spacial score (nSPS) is 9.83. The number of H-pyrrole nitrogens is 1. The van der Waals surface area contributed by atoms with E-state index >= 15 is 0 Å². The van der Waals surface area contributed by atoms with E-state index in [9.17, 15) is 0 Å². The van der Waals surface area contributed by atoms with Gasteiger partial charge in [0.2, 0.25) is 5.69 Å². The van der Waals surface area contributed by atoms with Crippen LogP contribution in [0.4, 0.5) is 0 Å². The van der Waals surface area contributed by atoms with Crippen molar-refractivity contribution in [3.63, 3.8) is 0 Å². The lowest BCUT2D eigenvalue weighted by atomic mass is 10.3. The first-order chi connectivity index (χ1) is 5.88. The maximum absolute atomic E-state index is 5.38. The van der Waals surface area contributed by atoms with Gasteiger partial charge in [-0.05, 0) is 13.0 Å². The highest BCUT2D eigenvalue weighted by molar-refractivity contribution is 5.22. The van der Waals surface area contributed by atoms with Crippen LogP contribution >= 0.6 is 0 Å². The van der Waals surface area contributed by atoms with Crippen LogP contribution in [0.15, 0.2) is 18.3 Å². The SMILES string of the molecule is CCOc1ccc[nH+]c1COC. The van der Waals surface area contributed by atoms with Crippen molar-refractivity contribution in [1.29, 1.82) is 0 Å². The van der Waals surface area contributed by atoms with Gasteiger partial charge in [0.25, 0.3) is 0 Å². The van der Waals surface area contributed by atoms with Crippen molar-refractivity contribution in [1.82, 2.24) is 0 Å². The van der Waals surface area contributed by atoms with Gasteiger partial charge < -0.3 is 9.47 Å². The smallest absolute Gasteiger partial charge is 0.247 e. The largest absolute Gasteiger partial charge is 0.487 e. The lowest BCUT2D eigenvalue weighted by Gasteiger charge is -2.02. The molecule has 0 saturated heterocycles. The number of aromatic nitrogens is 1. The van der Waals surface area contributed by atoms with Crippen molar-refractivity contribution in [2.45, 2.75) is 13.5 Å². The molecule has 1 rings (SSSR count). The Bertz CT molecular complexity index is 213. The molecule has 0 unspecified atom stereocenters. The minimum absolute atomic E-state index is 0.552.